The molecule has 3 aromatic rings. The van der Waals surface area contributed by atoms with E-state index in [4.69, 9.17) is 21.1 Å². The van der Waals surface area contributed by atoms with Crippen LogP contribution in [0.15, 0.2) is 36.4 Å². The number of hydrogen-bond acceptors (Lipinski definition) is 7. The molecule has 0 bridgehead atoms. The quantitative estimate of drug-likeness (QED) is 0.518. The maximum absolute atomic E-state index is 13.0. The van der Waals surface area contributed by atoms with Gasteiger partial charge in [-0.25, -0.2) is 4.39 Å². The summed E-state index contributed by atoms with van der Waals surface area (Å²) in [7, 11) is 2.96. The Morgan fingerprint density at radius 1 is 1.10 bits per heavy atom. The van der Waals surface area contributed by atoms with Gasteiger partial charge in [-0.05, 0) is 24.3 Å². The Balaban J connectivity index is 1.57. The fraction of sp³-hybridized carbons (Fsp3) is 0.200. The van der Waals surface area contributed by atoms with Crippen LogP contribution in [0.4, 0.5) is 15.8 Å². The van der Waals surface area contributed by atoms with E-state index >= 15 is 0 Å². The van der Waals surface area contributed by atoms with Gasteiger partial charge in [0.05, 0.1) is 19.2 Å². The molecule has 8 nitrogen and oxygen atoms in total. The van der Waals surface area contributed by atoms with Crippen molar-refractivity contribution in [1.82, 2.24) is 10.2 Å². The van der Waals surface area contributed by atoms with Crippen LogP contribution in [0.2, 0.25) is 5.02 Å². The number of carbonyl (C=O) groups is 2. The Morgan fingerprint density at radius 2 is 1.84 bits per heavy atom. The molecule has 11 heteroatoms. The lowest BCUT2D eigenvalue weighted by Crippen LogP contribution is -2.13. The predicted molar refractivity (Wildman–Crippen MR) is 116 cm³/mol. The second kappa shape index (κ2) is 10.2. The van der Waals surface area contributed by atoms with Crippen molar-refractivity contribution in [3.8, 4) is 11.5 Å². The first-order chi connectivity index (χ1) is 14.9. The van der Waals surface area contributed by atoms with E-state index in [0.717, 1.165) is 11.3 Å². The monoisotopic (exact) mass is 464 g/mol. The number of aryl methyl sites for hydroxylation is 1. The smallest absolute Gasteiger partial charge is 0.286 e. The normalized spacial score (nSPS) is 10.5. The SMILES string of the molecule is COc1cc(Cl)c(NC(=O)CCc2nnc(C(=O)Nc3ccc(F)cc3)s2)c(OC)c1. The number of benzene rings is 2. The minimum Gasteiger partial charge on any atom is -0.497 e. The van der Waals surface area contributed by atoms with Crippen LogP contribution in [0.5, 0.6) is 11.5 Å². The van der Waals surface area contributed by atoms with Crippen LogP contribution in [0.1, 0.15) is 21.2 Å². The number of rotatable bonds is 8. The molecular formula is C20H18ClFN4O4S. The Kier molecular flexibility index (Phi) is 7.37. The molecule has 0 aliphatic heterocycles. The third-order valence-electron chi connectivity index (χ3n) is 4.08. The zero-order valence-corrected chi connectivity index (χ0v) is 18.1. The van der Waals surface area contributed by atoms with E-state index in [0.29, 0.717) is 27.9 Å². The van der Waals surface area contributed by atoms with E-state index in [9.17, 15) is 14.0 Å². The first-order valence-corrected chi connectivity index (χ1v) is 10.2. The van der Waals surface area contributed by atoms with E-state index in [2.05, 4.69) is 20.8 Å². The average molecular weight is 465 g/mol. The lowest BCUT2D eigenvalue weighted by molar-refractivity contribution is -0.116. The number of methoxy groups -OCH3 is 2. The van der Waals surface area contributed by atoms with Crippen LogP contribution in [0, 0.1) is 5.82 Å². The van der Waals surface area contributed by atoms with Gasteiger partial charge in [0.1, 0.15) is 28.0 Å². The average Bonchev–Trinajstić information content (AvgIpc) is 3.24. The molecule has 0 atom stereocenters. The Hall–Kier alpha value is -3.24. The van der Waals surface area contributed by atoms with Gasteiger partial charge in [-0.3, -0.25) is 9.59 Å². The lowest BCUT2D eigenvalue weighted by atomic mass is 10.2. The highest BCUT2D eigenvalue weighted by atomic mass is 35.5. The summed E-state index contributed by atoms with van der Waals surface area (Å²) in [6, 6.07) is 8.54. The van der Waals surface area contributed by atoms with E-state index in [1.807, 2.05) is 0 Å². The Morgan fingerprint density at radius 3 is 2.52 bits per heavy atom. The molecule has 0 spiro atoms. The second-order valence-corrected chi connectivity index (χ2v) is 7.67. The molecule has 0 unspecified atom stereocenters. The molecule has 2 N–H and O–H groups in total. The number of anilines is 2. The Bertz CT molecular complexity index is 1090. The van der Waals surface area contributed by atoms with Crippen molar-refractivity contribution >= 4 is 46.1 Å². The number of nitrogens with one attached hydrogen (secondary N) is 2. The molecule has 2 aromatic carbocycles. The minimum absolute atomic E-state index is 0.0970. The molecule has 0 fully saturated rings. The van der Waals surface area contributed by atoms with Crippen molar-refractivity contribution in [1.29, 1.82) is 0 Å². The van der Waals surface area contributed by atoms with Crippen LogP contribution >= 0.6 is 22.9 Å². The summed E-state index contributed by atoms with van der Waals surface area (Å²) in [4.78, 5) is 24.6. The number of hydrogen-bond donors (Lipinski definition) is 2. The molecule has 162 valence electrons. The standard InChI is InChI=1S/C20H18ClFN4O4S/c1-29-13-9-14(21)18(15(10-13)30-2)24-16(27)7-8-17-25-26-20(31-17)19(28)23-12-5-3-11(22)4-6-12/h3-6,9-10H,7-8H2,1-2H3,(H,23,28)(H,24,27). The maximum atomic E-state index is 13.0. The van der Waals surface area contributed by atoms with Crippen molar-refractivity contribution in [2.45, 2.75) is 12.8 Å². The van der Waals surface area contributed by atoms with Crippen molar-refractivity contribution in [3.63, 3.8) is 0 Å². The molecule has 3 rings (SSSR count). The van der Waals surface area contributed by atoms with Crippen molar-refractivity contribution in [3.05, 3.63) is 57.3 Å². The number of nitrogens with zero attached hydrogens (tertiary/aromatic N) is 2. The summed E-state index contributed by atoms with van der Waals surface area (Å²) in [6.07, 6.45) is 0.378. The first-order valence-electron chi connectivity index (χ1n) is 9.00. The molecule has 0 aliphatic rings. The predicted octanol–water partition coefficient (Wildman–Crippen LogP) is 4.17. The fourth-order valence-electron chi connectivity index (χ4n) is 2.54. The number of amides is 2. The van der Waals surface area contributed by atoms with Gasteiger partial charge < -0.3 is 20.1 Å². The van der Waals surface area contributed by atoms with Crippen LogP contribution in [-0.2, 0) is 11.2 Å². The van der Waals surface area contributed by atoms with E-state index in [1.54, 1.807) is 12.1 Å². The number of carbonyl (C=O) groups excluding carboxylic acids is 2. The van der Waals surface area contributed by atoms with Crippen LogP contribution in [0.25, 0.3) is 0 Å². The molecule has 0 aliphatic carbocycles. The fourth-order valence-corrected chi connectivity index (χ4v) is 3.53. The van der Waals surface area contributed by atoms with Gasteiger partial charge in [-0.2, -0.15) is 0 Å². The van der Waals surface area contributed by atoms with E-state index in [-0.39, 0.29) is 28.8 Å². The summed E-state index contributed by atoms with van der Waals surface area (Å²) in [6.45, 7) is 0. The minimum atomic E-state index is -0.463. The summed E-state index contributed by atoms with van der Waals surface area (Å²) >= 11 is 7.28. The largest absolute Gasteiger partial charge is 0.497 e. The van der Waals surface area contributed by atoms with Gasteiger partial charge >= 0.3 is 0 Å². The molecule has 0 saturated heterocycles. The zero-order valence-electron chi connectivity index (χ0n) is 16.6. The highest BCUT2D eigenvalue weighted by Crippen LogP contribution is 2.36. The van der Waals surface area contributed by atoms with Gasteiger partial charge in [-0.15, -0.1) is 10.2 Å². The van der Waals surface area contributed by atoms with E-state index < -0.39 is 11.7 Å². The maximum Gasteiger partial charge on any atom is 0.286 e. The highest BCUT2D eigenvalue weighted by Gasteiger charge is 2.16. The van der Waals surface area contributed by atoms with Crippen molar-refractivity contribution < 1.29 is 23.5 Å². The number of aromatic nitrogens is 2. The molecule has 31 heavy (non-hydrogen) atoms. The summed E-state index contributed by atoms with van der Waals surface area (Å²) in [5, 5.41) is 14.1. The lowest BCUT2D eigenvalue weighted by Gasteiger charge is -2.13. The van der Waals surface area contributed by atoms with Gasteiger partial charge in [0.25, 0.3) is 5.91 Å². The van der Waals surface area contributed by atoms with Crippen molar-refractivity contribution in [2.24, 2.45) is 0 Å². The van der Waals surface area contributed by atoms with Crippen LogP contribution < -0.4 is 20.1 Å². The molecule has 1 aromatic heterocycles. The van der Waals surface area contributed by atoms with Gasteiger partial charge in [0, 0.05) is 30.7 Å². The summed E-state index contributed by atoms with van der Waals surface area (Å²) in [5.41, 5.74) is 0.777. The first kappa shape index (κ1) is 22.4. The van der Waals surface area contributed by atoms with Crippen molar-refractivity contribution in [2.75, 3.05) is 24.9 Å². The topological polar surface area (TPSA) is 102 Å². The molecule has 0 saturated carbocycles. The number of halogens is 2. The van der Waals surface area contributed by atoms with Crippen LogP contribution in [0.3, 0.4) is 0 Å². The van der Waals surface area contributed by atoms with Gasteiger partial charge in [0.15, 0.2) is 0 Å². The third kappa shape index (κ3) is 5.89. The zero-order chi connectivity index (χ0) is 22.4. The molecule has 2 amide bonds. The molecule has 0 radical (unpaired) electrons. The van der Waals surface area contributed by atoms with Gasteiger partial charge in [0.2, 0.25) is 10.9 Å². The summed E-state index contributed by atoms with van der Waals surface area (Å²) in [5.74, 6) is -0.302. The van der Waals surface area contributed by atoms with Gasteiger partial charge in [-0.1, -0.05) is 22.9 Å². The summed E-state index contributed by atoms with van der Waals surface area (Å²) < 4.78 is 23.3. The molecular weight excluding hydrogens is 447 g/mol. The number of ether oxygens (including phenoxy) is 2. The van der Waals surface area contributed by atoms with Crippen LogP contribution in [-0.4, -0.2) is 36.2 Å². The highest BCUT2D eigenvalue weighted by molar-refractivity contribution is 7.13. The second-order valence-electron chi connectivity index (χ2n) is 6.20. The Labute approximate surface area is 186 Å². The van der Waals surface area contributed by atoms with E-state index in [1.165, 1.54) is 38.5 Å². The molecule has 1 heterocycles. The third-order valence-corrected chi connectivity index (χ3v) is 5.36.